The van der Waals surface area contributed by atoms with Gasteiger partial charge in [-0.1, -0.05) is 41.9 Å². The fourth-order valence-corrected chi connectivity index (χ4v) is 3.51. The van der Waals surface area contributed by atoms with Crippen LogP contribution in [-0.4, -0.2) is 29.3 Å². The van der Waals surface area contributed by atoms with E-state index in [-0.39, 0.29) is 23.8 Å². The molecule has 8 heteroatoms. The largest absolute Gasteiger partial charge is 0.416 e. The molecule has 1 atom stereocenters. The van der Waals surface area contributed by atoms with Crippen molar-refractivity contribution in [2.75, 3.05) is 6.54 Å². The van der Waals surface area contributed by atoms with Gasteiger partial charge in [0.2, 0.25) is 11.8 Å². The summed E-state index contributed by atoms with van der Waals surface area (Å²) in [6.07, 6.45) is -3.43. The number of likely N-dealkylation sites (tertiary alicyclic amines) is 1. The molecule has 1 aliphatic rings. The van der Waals surface area contributed by atoms with Gasteiger partial charge in [0.05, 0.1) is 12.0 Å². The van der Waals surface area contributed by atoms with Gasteiger partial charge >= 0.3 is 6.18 Å². The Morgan fingerprint density at radius 3 is 2.52 bits per heavy atom. The average Bonchev–Trinajstić information content (AvgIpc) is 3.17. The van der Waals surface area contributed by atoms with E-state index in [1.54, 1.807) is 24.3 Å². The first-order valence-corrected chi connectivity index (χ1v) is 9.59. The number of carbonyl (C=O) groups is 2. The Labute approximate surface area is 171 Å². The van der Waals surface area contributed by atoms with Crippen molar-refractivity contribution < 1.29 is 22.8 Å². The van der Waals surface area contributed by atoms with Crippen LogP contribution in [0.4, 0.5) is 13.2 Å². The molecule has 1 aliphatic heterocycles. The summed E-state index contributed by atoms with van der Waals surface area (Å²) in [5, 5.41) is 3.41. The van der Waals surface area contributed by atoms with Crippen LogP contribution in [0.15, 0.2) is 48.5 Å². The van der Waals surface area contributed by atoms with E-state index in [2.05, 4.69) is 5.32 Å². The fraction of sp³-hybridized carbons (Fsp3) is 0.333. The zero-order valence-corrected chi connectivity index (χ0v) is 16.3. The molecule has 154 valence electrons. The molecule has 4 nitrogen and oxygen atoms in total. The first kappa shape index (κ1) is 21.2. The Morgan fingerprint density at radius 2 is 1.83 bits per heavy atom. The second-order valence-electron chi connectivity index (χ2n) is 6.96. The number of hydrogen-bond acceptors (Lipinski definition) is 2. The highest BCUT2D eigenvalue weighted by atomic mass is 35.5. The molecule has 0 spiro atoms. The van der Waals surface area contributed by atoms with Gasteiger partial charge in [0.25, 0.3) is 0 Å². The van der Waals surface area contributed by atoms with E-state index in [1.807, 2.05) is 0 Å². The summed E-state index contributed by atoms with van der Waals surface area (Å²) in [6.45, 7) is 0.721. The van der Waals surface area contributed by atoms with Crippen LogP contribution in [0.1, 0.15) is 29.5 Å². The lowest BCUT2D eigenvalue weighted by Crippen LogP contribution is -2.46. The monoisotopic (exact) mass is 424 g/mol. The first-order chi connectivity index (χ1) is 13.7. The maximum atomic E-state index is 12.9. The predicted molar refractivity (Wildman–Crippen MR) is 103 cm³/mol. The van der Waals surface area contributed by atoms with Gasteiger partial charge in [-0.15, -0.1) is 0 Å². The summed E-state index contributed by atoms with van der Waals surface area (Å²) < 4.78 is 38.6. The molecule has 2 amide bonds. The Bertz CT molecular complexity index is 884. The Hall–Kier alpha value is -2.54. The number of hydrogen-bond donors (Lipinski definition) is 1. The molecule has 0 saturated carbocycles. The molecule has 0 bridgehead atoms. The highest BCUT2D eigenvalue weighted by Crippen LogP contribution is 2.30. The van der Waals surface area contributed by atoms with Crippen LogP contribution in [0.5, 0.6) is 0 Å². The molecule has 1 fully saturated rings. The summed E-state index contributed by atoms with van der Waals surface area (Å²) in [4.78, 5) is 26.7. The normalized spacial score (nSPS) is 16.7. The second-order valence-corrected chi connectivity index (χ2v) is 7.40. The standard InChI is InChI=1S/C21H20ClF3N2O2/c22-17-8-6-14(7-9-17)13-26-20(29)18-5-2-10-27(18)19(28)12-15-3-1-4-16(11-15)21(23,24)25/h1,3-4,6-9,11,18H,2,5,10,12-13H2,(H,26,29). The lowest BCUT2D eigenvalue weighted by atomic mass is 10.1. The molecule has 2 aromatic rings. The molecular weight excluding hydrogens is 405 g/mol. The summed E-state index contributed by atoms with van der Waals surface area (Å²) >= 11 is 5.84. The van der Waals surface area contributed by atoms with Crippen molar-refractivity contribution >= 4 is 23.4 Å². The van der Waals surface area contributed by atoms with Crippen LogP contribution >= 0.6 is 11.6 Å². The van der Waals surface area contributed by atoms with Crippen molar-refractivity contribution in [2.45, 2.75) is 38.0 Å². The third kappa shape index (κ3) is 5.50. The lowest BCUT2D eigenvalue weighted by Gasteiger charge is -2.24. The quantitative estimate of drug-likeness (QED) is 0.781. The zero-order chi connectivity index (χ0) is 21.0. The van der Waals surface area contributed by atoms with Crippen molar-refractivity contribution in [2.24, 2.45) is 0 Å². The van der Waals surface area contributed by atoms with E-state index in [0.717, 1.165) is 17.7 Å². The van der Waals surface area contributed by atoms with Crippen LogP contribution in [-0.2, 0) is 28.7 Å². The van der Waals surface area contributed by atoms with E-state index < -0.39 is 17.8 Å². The third-order valence-corrected chi connectivity index (χ3v) is 5.12. The number of benzene rings is 2. The third-order valence-electron chi connectivity index (χ3n) is 4.87. The van der Waals surface area contributed by atoms with Gasteiger partial charge in [-0.3, -0.25) is 9.59 Å². The minimum Gasteiger partial charge on any atom is -0.350 e. The number of carbonyl (C=O) groups excluding carboxylic acids is 2. The molecule has 1 N–H and O–H groups in total. The van der Waals surface area contributed by atoms with Crippen molar-refractivity contribution in [1.29, 1.82) is 0 Å². The molecule has 29 heavy (non-hydrogen) atoms. The number of rotatable bonds is 5. The van der Waals surface area contributed by atoms with E-state index in [1.165, 1.54) is 17.0 Å². The van der Waals surface area contributed by atoms with Crippen molar-refractivity contribution in [1.82, 2.24) is 10.2 Å². The van der Waals surface area contributed by atoms with Gasteiger partial charge in [0.15, 0.2) is 0 Å². The van der Waals surface area contributed by atoms with Gasteiger partial charge < -0.3 is 10.2 Å². The van der Waals surface area contributed by atoms with Gasteiger partial charge in [0.1, 0.15) is 6.04 Å². The molecule has 0 aliphatic carbocycles. The summed E-state index contributed by atoms with van der Waals surface area (Å²) in [5.74, 6) is -0.622. The maximum Gasteiger partial charge on any atom is 0.416 e. The average molecular weight is 425 g/mol. The SMILES string of the molecule is O=C(NCc1ccc(Cl)cc1)C1CCCN1C(=O)Cc1cccc(C(F)(F)F)c1. The van der Waals surface area contributed by atoms with Gasteiger partial charge in [-0.25, -0.2) is 0 Å². The molecule has 1 unspecified atom stereocenters. The van der Waals surface area contributed by atoms with Crippen molar-refractivity contribution in [3.63, 3.8) is 0 Å². The van der Waals surface area contributed by atoms with Gasteiger partial charge in [0, 0.05) is 18.1 Å². The van der Waals surface area contributed by atoms with E-state index >= 15 is 0 Å². The maximum absolute atomic E-state index is 12.9. The predicted octanol–water partition coefficient (Wildman–Crippen LogP) is 4.21. The van der Waals surface area contributed by atoms with Crippen LogP contribution in [0.2, 0.25) is 5.02 Å². The first-order valence-electron chi connectivity index (χ1n) is 9.22. The van der Waals surface area contributed by atoms with Crippen LogP contribution < -0.4 is 5.32 Å². The van der Waals surface area contributed by atoms with E-state index in [9.17, 15) is 22.8 Å². The minimum absolute atomic E-state index is 0.176. The highest BCUT2D eigenvalue weighted by molar-refractivity contribution is 6.30. The number of nitrogens with one attached hydrogen (secondary N) is 1. The van der Waals surface area contributed by atoms with Crippen LogP contribution in [0.3, 0.4) is 0 Å². The van der Waals surface area contributed by atoms with Gasteiger partial charge in [-0.05, 0) is 42.2 Å². The van der Waals surface area contributed by atoms with Crippen LogP contribution in [0, 0.1) is 0 Å². The Morgan fingerprint density at radius 1 is 1.10 bits per heavy atom. The van der Waals surface area contributed by atoms with Gasteiger partial charge in [-0.2, -0.15) is 13.2 Å². The number of alkyl halides is 3. The molecule has 1 heterocycles. The van der Waals surface area contributed by atoms with Crippen molar-refractivity contribution in [3.05, 3.63) is 70.2 Å². The van der Waals surface area contributed by atoms with E-state index in [0.29, 0.717) is 31.0 Å². The van der Waals surface area contributed by atoms with E-state index in [4.69, 9.17) is 11.6 Å². The molecule has 1 saturated heterocycles. The second kappa shape index (κ2) is 8.86. The molecule has 3 rings (SSSR count). The number of nitrogens with zero attached hydrogens (tertiary/aromatic N) is 1. The fourth-order valence-electron chi connectivity index (χ4n) is 3.38. The number of amides is 2. The molecule has 2 aromatic carbocycles. The Balaban J connectivity index is 1.61. The minimum atomic E-state index is -4.46. The lowest BCUT2D eigenvalue weighted by molar-refractivity contribution is -0.138. The molecular formula is C21H20ClF3N2O2. The summed E-state index contributed by atoms with van der Waals surface area (Å²) in [6, 6.07) is 11.2. The Kier molecular flexibility index (Phi) is 6.47. The molecule has 0 radical (unpaired) electrons. The van der Waals surface area contributed by atoms with Crippen molar-refractivity contribution in [3.8, 4) is 0 Å². The summed E-state index contributed by atoms with van der Waals surface area (Å²) in [5.41, 5.74) is 0.362. The summed E-state index contributed by atoms with van der Waals surface area (Å²) in [7, 11) is 0. The number of halogens is 4. The molecule has 0 aromatic heterocycles. The van der Waals surface area contributed by atoms with Crippen LogP contribution in [0.25, 0.3) is 0 Å². The zero-order valence-electron chi connectivity index (χ0n) is 15.5. The topological polar surface area (TPSA) is 49.4 Å². The highest BCUT2D eigenvalue weighted by Gasteiger charge is 2.34. The smallest absolute Gasteiger partial charge is 0.350 e.